The van der Waals surface area contributed by atoms with Gasteiger partial charge in [0.1, 0.15) is 4.90 Å². The zero-order valence-electron chi connectivity index (χ0n) is 12.5. The molecule has 0 fully saturated rings. The van der Waals surface area contributed by atoms with Gasteiger partial charge in [-0.15, -0.1) is 0 Å². The third-order valence-electron chi connectivity index (χ3n) is 4.06. The van der Waals surface area contributed by atoms with E-state index in [9.17, 15) is 8.42 Å². The second kappa shape index (κ2) is 4.87. The van der Waals surface area contributed by atoms with Crippen LogP contribution in [0.5, 0.6) is 0 Å². The van der Waals surface area contributed by atoms with Crippen LogP contribution in [-0.4, -0.2) is 24.7 Å². The van der Waals surface area contributed by atoms with E-state index in [2.05, 4.69) is 5.10 Å². The van der Waals surface area contributed by atoms with Crippen LogP contribution >= 0.6 is 0 Å². The lowest BCUT2D eigenvalue weighted by atomic mass is 10.0. The number of nitrogens with zero attached hydrogens (tertiary/aromatic N) is 3. The van der Waals surface area contributed by atoms with Crippen LogP contribution in [0.2, 0.25) is 0 Å². The standard InChI is InChI=1S/C15H19N3O2S/c1-11-15(12(2)17(3)16-11)21(19,20)18-10-6-8-13-7-4-5-9-14(13)18/h4-5,7,9H,6,8,10H2,1-3H3. The minimum absolute atomic E-state index is 0.335. The van der Waals surface area contributed by atoms with E-state index < -0.39 is 10.0 Å². The number of aromatic nitrogens is 2. The highest BCUT2D eigenvalue weighted by Gasteiger charge is 2.33. The molecule has 0 amide bonds. The molecule has 0 atom stereocenters. The lowest BCUT2D eigenvalue weighted by molar-refractivity contribution is 0.585. The molecule has 0 bridgehead atoms. The molecule has 1 aromatic heterocycles. The number of anilines is 1. The van der Waals surface area contributed by atoms with Crippen molar-refractivity contribution in [1.29, 1.82) is 0 Å². The number of hydrogen-bond donors (Lipinski definition) is 0. The first-order valence-corrected chi connectivity index (χ1v) is 8.48. The molecule has 0 saturated heterocycles. The Morgan fingerprint density at radius 2 is 1.90 bits per heavy atom. The van der Waals surface area contributed by atoms with Gasteiger partial charge in [0, 0.05) is 13.6 Å². The van der Waals surface area contributed by atoms with E-state index in [4.69, 9.17) is 0 Å². The summed E-state index contributed by atoms with van der Waals surface area (Å²) in [7, 11) is -1.80. The number of fused-ring (bicyclic) bond motifs is 1. The Bertz CT molecular complexity index is 793. The van der Waals surface area contributed by atoms with Crippen molar-refractivity contribution in [1.82, 2.24) is 9.78 Å². The molecule has 6 heteroatoms. The van der Waals surface area contributed by atoms with Gasteiger partial charge in [-0.1, -0.05) is 18.2 Å². The maximum absolute atomic E-state index is 13.1. The molecular weight excluding hydrogens is 286 g/mol. The minimum atomic E-state index is -3.57. The monoisotopic (exact) mass is 305 g/mol. The molecule has 5 nitrogen and oxygen atoms in total. The maximum atomic E-state index is 13.1. The summed E-state index contributed by atoms with van der Waals surface area (Å²) in [6.07, 6.45) is 1.77. The van der Waals surface area contributed by atoms with Gasteiger partial charge < -0.3 is 0 Å². The number of para-hydroxylation sites is 1. The fourth-order valence-corrected chi connectivity index (χ4v) is 4.93. The van der Waals surface area contributed by atoms with Gasteiger partial charge in [-0.25, -0.2) is 8.42 Å². The first-order chi connectivity index (χ1) is 9.93. The number of sulfonamides is 1. The van der Waals surface area contributed by atoms with Crippen molar-refractivity contribution >= 4 is 15.7 Å². The molecule has 2 heterocycles. The summed E-state index contributed by atoms with van der Waals surface area (Å²) in [6, 6.07) is 7.72. The van der Waals surface area contributed by atoms with Crippen LogP contribution in [-0.2, 0) is 23.5 Å². The number of benzene rings is 1. The highest BCUT2D eigenvalue weighted by molar-refractivity contribution is 7.93. The van der Waals surface area contributed by atoms with Crippen molar-refractivity contribution in [2.75, 3.05) is 10.8 Å². The summed E-state index contributed by atoms with van der Waals surface area (Å²) in [4.78, 5) is 0.335. The van der Waals surface area contributed by atoms with Gasteiger partial charge in [0.15, 0.2) is 0 Å². The first kappa shape index (κ1) is 14.1. The Morgan fingerprint density at radius 3 is 2.57 bits per heavy atom. The second-order valence-corrected chi connectivity index (χ2v) is 7.23. The molecule has 112 valence electrons. The van der Waals surface area contributed by atoms with Gasteiger partial charge in [-0.05, 0) is 38.3 Å². The van der Waals surface area contributed by atoms with Gasteiger partial charge >= 0.3 is 0 Å². The van der Waals surface area contributed by atoms with Crippen molar-refractivity contribution in [2.24, 2.45) is 7.05 Å². The summed E-state index contributed by atoms with van der Waals surface area (Å²) >= 11 is 0. The molecule has 1 aliphatic rings. The Kier molecular flexibility index (Phi) is 3.28. The summed E-state index contributed by atoms with van der Waals surface area (Å²) in [6.45, 7) is 4.06. The lowest BCUT2D eigenvalue weighted by Crippen LogP contribution is -2.36. The topological polar surface area (TPSA) is 55.2 Å². The molecule has 0 unspecified atom stereocenters. The van der Waals surface area contributed by atoms with Crippen LogP contribution in [0.1, 0.15) is 23.4 Å². The maximum Gasteiger partial charge on any atom is 0.268 e. The highest BCUT2D eigenvalue weighted by Crippen LogP contribution is 2.33. The molecular formula is C15H19N3O2S. The average Bonchev–Trinajstić information content (AvgIpc) is 2.71. The van der Waals surface area contributed by atoms with Crippen molar-refractivity contribution < 1.29 is 8.42 Å². The Hall–Kier alpha value is -1.82. The van der Waals surface area contributed by atoms with Gasteiger partial charge in [0.25, 0.3) is 10.0 Å². The average molecular weight is 305 g/mol. The third kappa shape index (κ3) is 2.14. The van der Waals surface area contributed by atoms with Crippen LogP contribution in [0.25, 0.3) is 0 Å². The van der Waals surface area contributed by atoms with E-state index in [-0.39, 0.29) is 0 Å². The molecule has 0 radical (unpaired) electrons. The van der Waals surface area contributed by atoms with Crippen molar-refractivity contribution in [3.63, 3.8) is 0 Å². The summed E-state index contributed by atoms with van der Waals surface area (Å²) in [5.74, 6) is 0. The SMILES string of the molecule is Cc1nn(C)c(C)c1S(=O)(=O)N1CCCc2ccccc21. The lowest BCUT2D eigenvalue weighted by Gasteiger charge is -2.30. The van der Waals surface area contributed by atoms with Crippen molar-refractivity contribution in [3.05, 3.63) is 41.2 Å². The smallest absolute Gasteiger partial charge is 0.268 e. The van der Waals surface area contributed by atoms with E-state index in [1.165, 1.54) is 4.31 Å². The minimum Gasteiger partial charge on any atom is -0.271 e. The van der Waals surface area contributed by atoms with Crippen LogP contribution in [0.3, 0.4) is 0 Å². The van der Waals surface area contributed by atoms with Crippen molar-refractivity contribution in [3.8, 4) is 0 Å². The molecule has 0 saturated carbocycles. The Balaban J connectivity index is 2.16. The van der Waals surface area contributed by atoms with Gasteiger partial charge in [0.2, 0.25) is 0 Å². The fraction of sp³-hybridized carbons (Fsp3) is 0.400. The third-order valence-corrected chi connectivity index (χ3v) is 6.12. The van der Waals surface area contributed by atoms with E-state index in [0.717, 1.165) is 24.1 Å². The van der Waals surface area contributed by atoms with Crippen molar-refractivity contribution in [2.45, 2.75) is 31.6 Å². The summed E-state index contributed by atoms with van der Waals surface area (Å²) < 4.78 is 29.3. The van der Waals surface area contributed by atoms with E-state index in [1.54, 1.807) is 25.6 Å². The first-order valence-electron chi connectivity index (χ1n) is 7.04. The number of aryl methyl sites for hydroxylation is 3. The fourth-order valence-electron chi connectivity index (χ4n) is 2.99. The summed E-state index contributed by atoms with van der Waals surface area (Å²) in [5, 5.41) is 4.24. The van der Waals surface area contributed by atoms with Crippen LogP contribution < -0.4 is 4.31 Å². The number of rotatable bonds is 2. The Morgan fingerprint density at radius 1 is 1.19 bits per heavy atom. The molecule has 21 heavy (non-hydrogen) atoms. The van der Waals surface area contributed by atoms with Crippen LogP contribution in [0.4, 0.5) is 5.69 Å². The number of hydrogen-bond acceptors (Lipinski definition) is 3. The predicted octanol–water partition coefficient (Wildman–Crippen LogP) is 2.18. The molecule has 3 rings (SSSR count). The zero-order valence-corrected chi connectivity index (χ0v) is 13.3. The van der Waals surface area contributed by atoms with Gasteiger partial charge in [-0.3, -0.25) is 8.99 Å². The quantitative estimate of drug-likeness (QED) is 0.854. The highest BCUT2D eigenvalue weighted by atomic mass is 32.2. The summed E-state index contributed by atoms with van der Waals surface area (Å²) in [5.41, 5.74) is 3.12. The zero-order chi connectivity index (χ0) is 15.2. The van der Waals surface area contributed by atoms with E-state index in [1.807, 2.05) is 24.3 Å². The van der Waals surface area contributed by atoms with Gasteiger partial charge in [-0.2, -0.15) is 5.10 Å². The van der Waals surface area contributed by atoms with Gasteiger partial charge in [0.05, 0.1) is 17.1 Å². The molecule has 0 aliphatic carbocycles. The molecule has 1 aromatic carbocycles. The molecule has 1 aliphatic heterocycles. The molecule has 0 N–H and O–H groups in total. The Labute approximate surface area is 125 Å². The molecule has 0 spiro atoms. The normalized spacial score (nSPS) is 15.1. The molecule has 2 aromatic rings. The van der Waals surface area contributed by atoms with Crippen LogP contribution in [0, 0.1) is 13.8 Å². The largest absolute Gasteiger partial charge is 0.271 e. The predicted molar refractivity (Wildman–Crippen MR) is 82.0 cm³/mol. The second-order valence-electron chi connectivity index (χ2n) is 5.43. The van der Waals surface area contributed by atoms with Crippen LogP contribution in [0.15, 0.2) is 29.2 Å². The van der Waals surface area contributed by atoms with E-state index in [0.29, 0.717) is 22.8 Å². The van der Waals surface area contributed by atoms with E-state index >= 15 is 0 Å².